The molecule has 0 bridgehead atoms. The van der Waals surface area contributed by atoms with Gasteiger partial charge in [-0.2, -0.15) is 5.10 Å². The molecule has 1 N–H and O–H groups in total. The highest BCUT2D eigenvalue weighted by atomic mass is 15.3. The number of nitrogens with one attached hydrogen (secondary N) is 1. The fourth-order valence-corrected chi connectivity index (χ4v) is 2.17. The van der Waals surface area contributed by atoms with Crippen molar-refractivity contribution in [1.82, 2.24) is 19.3 Å². The average Bonchev–Trinajstić information content (AvgIpc) is 2.90. The Hall–Kier alpha value is -2.04. The molecule has 0 radical (unpaired) electrons. The summed E-state index contributed by atoms with van der Waals surface area (Å²) in [5.74, 6) is 0.878. The monoisotopic (exact) mass is 259 g/mol. The van der Waals surface area contributed by atoms with Gasteiger partial charge in [0.05, 0.1) is 11.4 Å². The van der Waals surface area contributed by atoms with Gasteiger partial charge < -0.3 is 9.88 Å². The molecule has 0 aliphatic carbocycles. The van der Waals surface area contributed by atoms with Gasteiger partial charge in [-0.05, 0) is 13.3 Å². The molecule has 0 aliphatic heterocycles. The van der Waals surface area contributed by atoms with Crippen LogP contribution >= 0.6 is 0 Å². The number of nitrogens with zero attached hydrogens (tertiary/aromatic N) is 4. The number of imidazole rings is 1. The van der Waals surface area contributed by atoms with Gasteiger partial charge in [0, 0.05) is 38.1 Å². The highest BCUT2D eigenvalue weighted by Gasteiger charge is 2.08. The summed E-state index contributed by atoms with van der Waals surface area (Å²) in [4.78, 5) is 4.48. The van der Waals surface area contributed by atoms with E-state index < -0.39 is 0 Å². The van der Waals surface area contributed by atoms with Crippen molar-refractivity contribution in [2.75, 3.05) is 5.32 Å². The predicted molar refractivity (Wildman–Crippen MR) is 77.1 cm³/mol. The third kappa shape index (κ3) is 3.05. The number of anilines is 1. The third-order valence-corrected chi connectivity index (χ3v) is 2.99. The standard InChI is InChI=1S/C14H21N5/c1-5-7-19-9-11(3)16-14(19)15-8-12-10-18(4)17-13(12)6-2/h5,9-10H,1,6-8H2,2-4H3,(H,15,16). The van der Waals surface area contributed by atoms with Crippen molar-refractivity contribution >= 4 is 5.95 Å². The van der Waals surface area contributed by atoms with E-state index in [1.165, 1.54) is 5.56 Å². The van der Waals surface area contributed by atoms with Gasteiger partial charge in [0.2, 0.25) is 5.95 Å². The zero-order valence-electron chi connectivity index (χ0n) is 11.8. The van der Waals surface area contributed by atoms with Crippen LogP contribution in [0, 0.1) is 6.92 Å². The van der Waals surface area contributed by atoms with Crippen LogP contribution in [-0.4, -0.2) is 19.3 Å². The minimum Gasteiger partial charge on any atom is -0.351 e. The summed E-state index contributed by atoms with van der Waals surface area (Å²) in [6.45, 7) is 9.38. The van der Waals surface area contributed by atoms with E-state index in [0.29, 0.717) is 0 Å². The minimum absolute atomic E-state index is 0.741. The van der Waals surface area contributed by atoms with Crippen molar-refractivity contribution in [3.05, 3.63) is 42.0 Å². The first-order valence-corrected chi connectivity index (χ1v) is 6.54. The second-order valence-electron chi connectivity index (χ2n) is 4.63. The molecule has 0 saturated heterocycles. The van der Waals surface area contributed by atoms with Crippen LogP contribution in [0.1, 0.15) is 23.9 Å². The van der Waals surface area contributed by atoms with Gasteiger partial charge in [-0.1, -0.05) is 13.0 Å². The van der Waals surface area contributed by atoms with E-state index in [2.05, 4.69) is 39.7 Å². The minimum atomic E-state index is 0.741. The van der Waals surface area contributed by atoms with Crippen LogP contribution in [0.25, 0.3) is 0 Å². The summed E-state index contributed by atoms with van der Waals surface area (Å²) < 4.78 is 3.92. The van der Waals surface area contributed by atoms with Crippen molar-refractivity contribution < 1.29 is 0 Å². The summed E-state index contributed by atoms with van der Waals surface area (Å²) in [6, 6.07) is 0. The summed E-state index contributed by atoms with van der Waals surface area (Å²) >= 11 is 0. The maximum Gasteiger partial charge on any atom is 0.203 e. The van der Waals surface area contributed by atoms with E-state index in [9.17, 15) is 0 Å². The average molecular weight is 259 g/mol. The number of hydrogen-bond donors (Lipinski definition) is 1. The van der Waals surface area contributed by atoms with E-state index in [-0.39, 0.29) is 0 Å². The molecule has 0 fully saturated rings. The summed E-state index contributed by atoms with van der Waals surface area (Å²) in [6.07, 6.45) is 6.89. The molecule has 0 unspecified atom stereocenters. The van der Waals surface area contributed by atoms with Crippen molar-refractivity contribution in [2.45, 2.75) is 33.4 Å². The highest BCUT2D eigenvalue weighted by molar-refractivity contribution is 5.32. The molecular formula is C14H21N5. The molecule has 102 valence electrons. The van der Waals surface area contributed by atoms with Crippen molar-refractivity contribution in [3.8, 4) is 0 Å². The Kier molecular flexibility index (Phi) is 4.04. The molecule has 5 heteroatoms. The Morgan fingerprint density at radius 1 is 1.42 bits per heavy atom. The lowest BCUT2D eigenvalue weighted by atomic mass is 10.2. The van der Waals surface area contributed by atoms with E-state index in [1.807, 2.05) is 30.9 Å². The van der Waals surface area contributed by atoms with E-state index in [4.69, 9.17) is 0 Å². The normalized spacial score (nSPS) is 10.7. The summed E-state index contributed by atoms with van der Waals surface area (Å²) in [7, 11) is 1.95. The smallest absolute Gasteiger partial charge is 0.203 e. The van der Waals surface area contributed by atoms with Crippen molar-refractivity contribution in [2.24, 2.45) is 7.05 Å². The Morgan fingerprint density at radius 3 is 2.89 bits per heavy atom. The van der Waals surface area contributed by atoms with Crippen LogP contribution in [0.4, 0.5) is 5.95 Å². The van der Waals surface area contributed by atoms with Gasteiger partial charge in [0.25, 0.3) is 0 Å². The maximum atomic E-state index is 4.48. The fraction of sp³-hybridized carbons (Fsp3) is 0.429. The summed E-state index contributed by atoms with van der Waals surface area (Å²) in [5, 5.41) is 7.81. The highest BCUT2D eigenvalue weighted by Crippen LogP contribution is 2.12. The molecule has 2 aromatic heterocycles. The number of allylic oxidation sites excluding steroid dienone is 1. The number of aryl methyl sites for hydroxylation is 3. The maximum absolute atomic E-state index is 4.48. The Bertz CT molecular complexity index is 564. The lowest BCUT2D eigenvalue weighted by molar-refractivity contribution is 0.746. The van der Waals surface area contributed by atoms with Crippen LogP contribution in [-0.2, 0) is 26.6 Å². The second-order valence-corrected chi connectivity index (χ2v) is 4.63. The van der Waals surface area contributed by atoms with Gasteiger partial charge in [-0.15, -0.1) is 6.58 Å². The van der Waals surface area contributed by atoms with Crippen molar-refractivity contribution in [1.29, 1.82) is 0 Å². The van der Waals surface area contributed by atoms with Crippen molar-refractivity contribution in [3.63, 3.8) is 0 Å². The van der Waals surface area contributed by atoms with Gasteiger partial charge in [0.15, 0.2) is 0 Å². The number of hydrogen-bond acceptors (Lipinski definition) is 3. The molecule has 0 atom stereocenters. The van der Waals surface area contributed by atoms with Gasteiger partial charge >= 0.3 is 0 Å². The largest absolute Gasteiger partial charge is 0.351 e. The molecule has 2 rings (SSSR count). The topological polar surface area (TPSA) is 47.7 Å². The molecule has 0 saturated carbocycles. The van der Waals surface area contributed by atoms with Crippen LogP contribution in [0.5, 0.6) is 0 Å². The predicted octanol–water partition coefficient (Wildman–Crippen LogP) is 2.29. The lowest BCUT2D eigenvalue weighted by Gasteiger charge is -2.07. The molecule has 0 spiro atoms. The molecule has 0 amide bonds. The second kappa shape index (κ2) is 5.73. The molecule has 2 heterocycles. The quantitative estimate of drug-likeness (QED) is 0.810. The number of rotatable bonds is 6. The Morgan fingerprint density at radius 2 is 2.21 bits per heavy atom. The molecule has 0 aliphatic rings. The SMILES string of the molecule is C=CCn1cc(C)nc1NCc1cn(C)nc1CC. The van der Waals surface area contributed by atoms with Gasteiger partial charge in [-0.3, -0.25) is 4.68 Å². The lowest BCUT2D eigenvalue weighted by Crippen LogP contribution is -2.07. The first kappa shape index (κ1) is 13.4. The molecule has 2 aromatic rings. The Labute approximate surface area is 114 Å². The first-order chi connectivity index (χ1) is 9.13. The van der Waals surface area contributed by atoms with Crippen LogP contribution < -0.4 is 5.32 Å². The van der Waals surface area contributed by atoms with E-state index >= 15 is 0 Å². The molecule has 0 aromatic carbocycles. The fourth-order valence-electron chi connectivity index (χ4n) is 2.17. The zero-order chi connectivity index (χ0) is 13.8. The number of aromatic nitrogens is 4. The molecular weight excluding hydrogens is 238 g/mol. The third-order valence-electron chi connectivity index (χ3n) is 2.99. The van der Waals surface area contributed by atoms with Crippen LogP contribution in [0.2, 0.25) is 0 Å². The van der Waals surface area contributed by atoms with E-state index in [0.717, 1.165) is 36.8 Å². The van der Waals surface area contributed by atoms with Gasteiger partial charge in [-0.25, -0.2) is 4.98 Å². The molecule has 19 heavy (non-hydrogen) atoms. The Balaban J connectivity index is 2.11. The summed E-state index contributed by atoms with van der Waals surface area (Å²) in [5.41, 5.74) is 3.36. The van der Waals surface area contributed by atoms with Crippen LogP contribution in [0.15, 0.2) is 25.0 Å². The first-order valence-electron chi connectivity index (χ1n) is 6.54. The van der Waals surface area contributed by atoms with Crippen LogP contribution in [0.3, 0.4) is 0 Å². The zero-order valence-corrected chi connectivity index (χ0v) is 11.8. The van der Waals surface area contributed by atoms with E-state index in [1.54, 1.807) is 0 Å². The van der Waals surface area contributed by atoms with Gasteiger partial charge in [0.1, 0.15) is 0 Å². The molecule has 5 nitrogen and oxygen atoms in total.